The third-order valence-electron chi connectivity index (χ3n) is 3.26. The van der Waals surface area contributed by atoms with E-state index < -0.39 is 33.5 Å². The Morgan fingerprint density at radius 3 is 2.60 bits per heavy atom. The monoisotopic (exact) mass is 305 g/mol. The van der Waals surface area contributed by atoms with E-state index in [-0.39, 0.29) is 18.0 Å². The Balaban J connectivity index is 2.29. The minimum Gasteiger partial charge on any atom is -0.481 e. The molecule has 1 saturated heterocycles. The van der Waals surface area contributed by atoms with Crippen molar-refractivity contribution in [3.8, 4) is 0 Å². The number of carboxylic acids is 1. The van der Waals surface area contributed by atoms with Crippen molar-refractivity contribution in [1.82, 2.24) is 4.31 Å². The van der Waals surface area contributed by atoms with Gasteiger partial charge in [-0.15, -0.1) is 0 Å². The first-order valence-corrected chi connectivity index (χ1v) is 7.44. The smallest absolute Gasteiger partial charge is 0.307 e. The van der Waals surface area contributed by atoms with E-state index in [1.807, 2.05) is 0 Å². The summed E-state index contributed by atoms with van der Waals surface area (Å²) in [5.41, 5.74) is 0. The van der Waals surface area contributed by atoms with E-state index in [4.69, 9.17) is 5.11 Å². The minimum atomic E-state index is -4.00. The number of halogens is 2. The SMILES string of the molecule is O=C(O)[C@H]1CCCN(S(=O)(=O)c2ccc(F)c(F)c2)C1. The van der Waals surface area contributed by atoms with Crippen LogP contribution in [0, 0.1) is 17.6 Å². The van der Waals surface area contributed by atoms with Gasteiger partial charge in [0.1, 0.15) is 0 Å². The predicted octanol–water partition coefficient (Wildman–Crippen LogP) is 1.45. The number of hydrogen-bond acceptors (Lipinski definition) is 3. The lowest BCUT2D eigenvalue weighted by Crippen LogP contribution is -2.42. The van der Waals surface area contributed by atoms with Crippen LogP contribution in [0.5, 0.6) is 0 Å². The molecule has 1 aliphatic rings. The van der Waals surface area contributed by atoms with Crippen molar-refractivity contribution in [3.63, 3.8) is 0 Å². The van der Waals surface area contributed by atoms with E-state index in [0.717, 1.165) is 16.4 Å². The fourth-order valence-corrected chi connectivity index (χ4v) is 3.68. The summed E-state index contributed by atoms with van der Waals surface area (Å²) >= 11 is 0. The standard InChI is InChI=1S/C12H13F2NO4S/c13-10-4-3-9(6-11(10)14)20(18,19)15-5-1-2-8(7-15)12(16)17/h3-4,6,8H,1-2,5,7H2,(H,16,17)/t8-/m0/s1. The molecule has 1 fully saturated rings. The third kappa shape index (κ3) is 2.80. The number of piperidine rings is 1. The highest BCUT2D eigenvalue weighted by atomic mass is 32.2. The highest BCUT2D eigenvalue weighted by Gasteiger charge is 2.33. The first-order valence-electron chi connectivity index (χ1n) is 6.00. The molecule has 0 amide bonds. The molecule has 110 valence electrons. The fourth-order valence-electron chi connectivity index (χ4n) is 2.15. The quantitative estimate of drug-likeness (QED) is 0.917. The van der Waals surface area contributed by atoms with Gasteiger partial charge in [0.2, 0.25) is 10.0 Å². The van der Waals surface area contributed by atoms with E-state index in [1.54, 1.807) is 0 Å². The molecule has 1 N–H and O–H groups in total. The molecule has 1 aliphatic heterocycles. The zero-order valence-corrected chi connectivity index (χ0v) is 11.2. The van der Waals surface area contributed by atoms with Crippen molar-refractivity contribution < 1.29 is 27.1 Å². The zero-order chi connectivity index (χ0) is 14.9. The molecule has 0 aromatic heterocycles. The van der Waals surface area contributed by atoms with Crippen LogP contribution in [-0.4, -0.2) is 36.9 Å². The van der Waals surface area contributed by atoms with Gasteiger partial charge in [0.25, 0.3) is 0 Å². The molecule has 0 bridgehead atoms. The van der Waals surface area contributed by atoms with E-state index in [2.05, 4.69) is 0 Å². The van der Waals surface area contributed by atoms with Gasteiger partial charge in [-0.3, -0.25) is 4.79 Å². The molecule has 0 unspecified atom stereocenters. The lowest BCUT2D eigenvalue weighted by Gasteiger charge is -2.29. The topological polar surface area (TPSA) is 74.7 Å². The average Bonchev–Trinajstić information content (AvgIpc) is 2.42. The second-order valence-electron chi connectivity index (χ2n) is 4.62. The lowest BCUT2D eigenvalue weighted by atomic mass is 10.0. The van der Waals surface area contributed by atoms with Crippen LogP contribution in [0.2, 0.25) is 0 Å². The molecule has 1 atom stereocenters. The number of nitrogens with zero attached hydrogens (tertiary/aromatic N) is 1. The van der Waals surface area contributed by atoms with Gasteiger partial charge in [0.05, 0.1) is 10.8 Å². The molecule has 0 saturated carbocycles. The Morgan fingerprint density at radius 1 is 1.30 bits per heavy atom. The van der Waals surface area contributed by atoms with Crippen LogP contribution in [0.1, 0.15) is 12.8 Å². The maximum atomic E-state index is 13.1. The second-order valence-corrected chi connectivity index (χ2v) is 6.55. The van der Waals surface area contributed by atoms with Gasteiger partial charge in [0, 0.05) is 13.1 Å². The Morgan fingerprint density at radius 2 is 2.00 bits per heavy atom. The molecule has 0 spiro atoms. The third-order valence-corrected chi connectivity index (χ3v) is 5.12. The number of rotatable bonds is 3. The number of carboxylic acid groups (broad SMARTS) is 1. The van der Waals surface area contributed by atoms with Crippen molar-refractivity contribution in [2.45, 2.75) is 17.7 Å². The van der Waals surface area contributed by atoms with Crippen LogP contribution in [-0.2, 0) is 14.8 Å². The van der Waals surface area contributed by atoms with Gasteiger partial charge in [-0.1, -0.05) is 0 Å². The second kappa shape index (κ2) is 5.45. The van der Waals surface area contributed by atoms with Crippen LogP contribution < -0.4 is 0 Å². The van der Waals surface area contributed by atoms with Crippen LogP contribution in [0.4, 0.5) is 8.78 Å². The normalized spacial score (nSPS) is 20.8. The van der Waals surface area contributed by atoms with Crippen molar-refractivity contribution in [3.05, 3.63) is 29.8 Å². The van der Waals surface area contributed by atoms with Gasteiger partial charge >= 0.3 is 5.97 Å². The molecular weight excluding hydrogens is 292 g/mol. The first kappa shape index (κ1) is 14.9. The highest BCUT2D eigenvalue weighted by molar-refractivity contribution is 7.89. The van der Waals surface area contributed by atoms with E-state index in [0.29, 0.717) is 18.9 Å². The molecule has 1 aromatic carbocycles. The molecule has 5 nitrogen and oxygen atoms in total. The number of carbonyl (C=O) groups is 1. The van der Waals surface area contributed by atoms with Crippen LogP contribution in [0.3, 0.4) is 0 Å². The average molecular weight is 305 g/mol. The molecular formula is C12H13F2NO4S. The van der Waals surface area contributed by atoms with Gasteiger partial charge < -0.3 is 5.11 Å². The molecule has 1 heterocycles. The number of sulfonamides is 1. The Bertz CT molecular complexity index is 632. The van der Waals surface area contributed by atoms with Gasteiger partial charge in [0.15, 0.2) is 11.6 Å². The Hall–Kier alpha value is -1.54. The number of aliphatic carboxylic acids is 1. The van der Waals surface area contributed by atoms with Crippen LogP contribution >= 0.6 is 0 Å². The van der Waals surface area contributed by atoms with Crippen molar-refractivity contribution in [2.24, 2.45) is 5.92 Å². The summed E-state index contributed by atoms with van der Waals surface area (Å²) in [5.74, 6) is -4.22. The van der Waals surface area contributed by atoms with E-state index in [1.165, 1.54) is 0 Å². The molecule has 8 heteroatoms. The molecule has 1 aromatic rings. The summed E-state index contributed by atoms with van der Waals surface area (Å²) in [6.45, 7) is 0.0156. The van der Waals surface area contributed by atoms with Crippen molar-refractivity contribution in [1.29, 1.82) is 0 Å². The summed E-state index contributed by atoms with van der Waals surface area (Å²) in [5, 5.41) is 8.94. The van der Waals surface area contributed by atoms with Crippen LogP contribution in [0.15, 0.2) is 23.1 Å². The highest BCUT2D eigenvalue weighted by Crippen LogP contribution is 2.24. The number of benzene rings is 1. The minimum absolute atomic E-state index is 0.156. The van der Waals surface area contributed by atoms with E-state index >= 15 is 0 Å². The Labute approximate surface area is 114 Å². The molecule has 20 heavy (non-hydrogen) atoms. The fraction of sp³-hybridized carbons (Fsp3) is 0.417. The first-order chi connectivity index (χ1) is 9.32. The lowest BCUT2D eigenvalue weighted by molar-refractivity contribution is -0.142. The summed E-state index contributed by atoms with van der Waals surface area (Å²) in [6.07, 6.45) is 0.818. The maximum absolute atomic E-state index is 13.1. The summed E-state index contributed by atoms with van der Waals surface area (Å²) < 4.78 is 51.5. The van der Waals surface area contributed by atoms with Crippen LogP contribution in [0.25, 0.3) is 0 Å². The predicted molar refractivity (Wildman–Crippen MR) is 65.5 cm³/mol. The summed E-state index contributed by atoms with van der Waals surface area (Å²) in [4.78, 5) is 10.6. The summed E-state index contributed by atoms with van der Waals surface area (Å²) in [6, 6.07) is 2.31. The summed E-state index contributed by atoms with van der Waals surface area (Å²) in [7, 11) is -4.00. The van der Waals surface area contributed by atoms with Gasteiger partial charge in [-0.05, 0) is 31.0 Å². The maximum Gasteiger partial charge on any atom is 0.307 e. The zero-order valence-electron chi connectivity index (χ0n) is 10.4. The molecule has 0 radical (unpaired) electrons. The largest absolute Gasteiger partial charge is 0.481 e. The molecule has 0 aliphatic carbocycles. The van der Waals surface area contributed by atoms with Gasteiger partial charge in [-0.2, -0.15) is 4.31 Å². The Kier molecular flexibility index (Phi) is 4.05. The van der Waals surface area contributed by atoms with E-state index in [9.17, 15) is 22.0 Å². The van der Waals surface area contributed by atoms with Crippen molar-refractivity contribution >= 4 is 16.0 Å². The number of hydrogen-bond donors (Lipinski definition) is 1. The van der Waals surface area contributed by atoms with Gasteiger partial charge in [-0.25, -0.2) is 17.2 Å². The molecule has 2 rings (SSSR count). The van der Waals surface area contributed by atoms with Crippen molar-refractivity contribution in [2.75, 3.05) is 13.1 Å².